The van der Waals surface area contributed by atoms with Crippen LogP contribution in [0.3, 0.4) is 0 Å². The number of hydroxylamine groups is 1. The first kappa shape index (κ1) is 10.4. The number of hydrogen-bond acceptors (Lipinski definition) is 3. The molecule has 1 aliphatic heterocycles. The van der Waals surface area contributed by atoms with Crippen LogP contribution in [0.2, 0.25) is 0 Å². The highest BCUT2D eigenvalue weighted by molar-refractivity contribution is 5.40. The lowest BCUT2D eigenvalue weighted by Gasteiger charge is -2.17. The molecule has 2 unspecified atom stereocenters. The maximum Gasteiger partial charge on any atom is 0.127 e. The van der Waals surface area contributed by atoms with E-state index in [4.69, 9.17) is 9.57 Å². The summed E-state index contributed by atoms with van der Waals surface area (Å²) in [6.07, 6.45) is 0.846. The van der Waals surface area contributed by atoms with Crippen molar-refractivity contribution in [3.05, 3.63) is 29.6 Å². The van der Waals surface area contributed by atoms with E-state index >= 15 is 0 Å². The monoisotopic (exact) mass is 211 g/mol. The van der Waals surface area contributed by atoms with Crippen LogP contribution in [-0.2, 0) is 4.84 Å². The SMILES string of the molecule is CCC1Oc2cc(F)ccc2C1NOC. The third kappa shape index (κ3) is 1.82. The molecule has 0 amide bonds. The summed E-state index contributed by atoms with van der Waals surface area (Å²) in [5, 5.41) is 0. The maximum atomic E-state index is 13.0. The van der Waals surface area contributed by atoms with Gasteiger partial charge >= 0.3 is 0 Å². The standard InChI is InChI=1S/C11H14FNO2/c1-3-9-11(13-14-2)8-5-4-7(12)6-10(8)15-9/h4-6,9,11,13H,3H2,1-2H3. The minimum absolute atomic E-state index is 0.00162. The lowest BCUT2D eigenvalue weighted by atomic mass is 10.0. The van der Waals surface area contributed by atoms with Gasteiger partial charge in [0.1, 0.15) is 17.7 Å². The summed E-state index contributed by atoms with van der Waals surface area (Å²) < 4.78 is 18.6. The van der Waals surface area contributed by atoms with Crippen molar-refractivity contribution in [2.75, 3.05) is 7.11 Å². The molecule has 15 heavy (non-hydrogen) atoms. The fourth-order valence-corrected chi connectivity index (χ4v) is 1.88. The predicted octanol–water partition coefficient (Wildman–Crippen LogP) is 2.19. The minimum atomic E-state index is -0.276. The number of benzene rings is 1. The molecule has 2 atom stereocenters. The number of halogens is 1. The molecule has 0 saturated carbocycles. The first-order valence-corrected chi connectivity index (χ1v) is 5.01. The number of hydrogen-bond donors (Lipinski definition) is 1. The van der Waals surface area contributed by atoms with E-state index in [1.165, 1.54) is 12.1 Å². The molecular formula is C11H14FNO2. The van der Waals surface area contributed by atoms with E-state index in [-0.39, 0.29) is 18.0 Å². The zero-order valence-corrected chi connectivity index (χ0v) is 8.79. The zero-order chi connectivity index (χ0) is 10.8. The van der Waals surface area contributed by atoms with E-state index in [0.29, 0.717) is 5.75 Å². The maximum absolute atomic E-state index is 13.0. The third-order valence-electron chi connectivity index (χ3n) is 2.61. The van der Waals surface area contributed by atoms with Crippen molar-refractivity contribution in [3.8, 4) is 5.75 Å². The van der Waals surface area contributed by atoms with Crippen molar-refractivity contribution >= 4 is 0 Å². The van der Waals surface area contributed by atoms with Crippen LogP contribution in [0.25, 0.3) is 0 Å². The molecule has 82 valence electrons. The number of fused-ring (bicyclic) bond motifs is 1. The number of nitrogens with one attached hydrogen (secondary N) is 1. The Morgan fingerprint density at radius 1 is 1.53 bits per heavy atom. The Kier molecular flexibility index (Phi) is 2.88. The van der Waals surface area contributed by atoms with Gasteiger partial charge in [0.2, 0.25) is 0 Å². The van der Waals surface area contributed by atoms with E-state index in [9.17, 15) is 4.39 Å². The van der Waals surface area contributed by atoms with Crippen LogP contribution < -0.4 is 10.2 Å². The summed E-state index contributed by atoms with van der Waals surface area (Å²) >= 11 is 0. The van der Waals surface area contributed by atoms with Crippen molar-refractivity contribution < 1.29 is 14.0 Å². The molecule has 0 bridgehead atoms. The highest BCUT2D eigenvalue weighted by atomic mass is 19.1. The summed E-state index contributed by atoms with van der Waals surface area (Å²) in [5.74, 6) is 0.332. The molecule has 0 fully saturated rings. The molecule has 1 heterocycles. The van der Waals surface area contributed by atoms with Gasteiger partial charge in [-0.2, -0.15) is 5.48 Å². The van der Waals surface area contributed by atoms with Crippen molar-refractivity contribution in [2.45, 2.75) is 25.5 Å². The Morgan fingerprint density at radius 2 is 2.33 bits per heavy atom. The van der Waals surface area contributed by atoms with E-state index < -0.39 is 0 Å². The Balaban J connectivity index is 2.31. The topological polar surface area (TPSA) is 30.5 Å². The smallest absolute Gasteiger partial charge is 0.127 e. The fraction of sp³-hybridized carbons (Fsp3) is 0.455. The van der Waals surface area contributed by atoms with E-state index in [2.05, 4.69) is 5.48 Å². The van der Waals surface area contributed by atoms with Crippen molar-refractivity contribution in [1.82, 2.24) is 5.48 Å². The second-order valence-electron chi connectivity index (χ2n) is 3.55. The highest BCUT2D eigenvalue weighted by Gasteiger charge is 2.33. The molecule has 0 spiro atoms. The average molecular weight is 211 g/mol. The number of ether oxygens (including phenoxy) is 1. The normalized spacial score (nSPS) is 23.7. The molecule has 0 radical (unpaired) electrons. The molecular weight excluding hydrogens is 197 g/mol. The molecule has 2 rings (SSSR count). The summed E-state index contributed by atoms with van der Waals surface area (Å²) in [7, 11) is 1.56. The van der Waals surface area contributed by atoms with Crippen LogP contribution in [-0.4, -0.2) is 13.2 Å². The summed E-state index contributed by atoms with van der Waals surface area (Å²) in [6.45, 7) is 2.03. The molecule has 4 heteroatoms. The minimum Gasteiger partial charge on any atom is -0.488 e. The molecule has 0 aromatic heterocycles. The quantitative estimate of drug-likeness (QED) is 0.777. The molecule has 3 nitrogen and oxygen atoms in total. The first-order valence-electron chi connectivity index (χ1n) is 5.01. The predicted molar refractivity (Wildman–Crippen MR) is 54.0 cm³/mol. The summed E-state index contributed by atoms with van der Waals surface area (Å²) in [4.78, 5) is 4.92. The van der Waals surface area contributed by atoms with Gasteiger partial charge in [0.15, 0.2) is 0 Å². The molecule has 1 aromatic carbocycles. The van der Waals surface area contributed by atoms with Crippen LogP contribution >= 0.6 is 0 Å². The van der Waals surface area contributed by atoms with Crippen LogP contribution in [0.15, 0.2) is 18.2 Å². The van der Waals surface area contributed by atoms with Crippen LogP contribution in [0.1, 0.15) is 24.9 Å². The van der Waals surface area contributed by atoms with Gasteiger partial charge in [-0.15, -0.1) is 0 Å². The Hall–Kier alpha value is -1.13. The Morgan fingerprint density at radius 3 is 3.00 bits per heavy atom. The molecule has 1 aliphatic rings. The second-order valence-corrected chi connectivity index (χ2v) is 3.55. The summed E-state index contributed by atoms with van der Waals surface area (Å²) in [6, 6.07) is 4.56. The van der Waals surface area contributed by atoms with Crippen molar-refractivity contribution in [3.63, 3.8) is 0 Å². The zero-order valence-electron chi connectivity index (χ0n) is 8.79. The second kappa shape index (κ2) is 4.16. The average Bonchev–Trinajstić information content (AvgIpc) is 2.56. The summed E-state index contributed by atoms with van der Waals surface area (Å²) in [5.41, 5.74) is 3.82. The first-order chi connectivity index (χ1) is 7.26. The fourth-order valence-electron chi connectivity index (χ4n) is 1.88. The molecule has 0 aliphatic carbocycles. The highest BCUT2D eigenvalue weighted by Crippen LogP contribution is 2.38. The van der Waals surface area contributed by atoms with E-state index in [1.54, 1.807) is 13.2 Å². The van der Waals surface area contributed by atoms with Gasteiger partial charge in [-0.05, 0) is 12.5 Å². The van der Waals surface area contributed by atoms with Crippen molar-refractivity contribution in [2.24, 2.45) is 0 Å². The van der Waals surface area contributed by atoms with E-state index in [0.717, 1.165) is 12.0 Å². The Labute approximate surface area is 88.1 Å². The van der Waals surface area contributed by atoms with Crippen molar-refractivity contribution in [1.29, 1.82) is 0 Å². The molecule has 1 aromatic rings. The number of rotatable bonds is 3. The lowest BCUT2D eigenvalue weighted by Crippen LogP contribution is -2.29. The lowest BCUT2D eigenvalue weighted by molar-refractivity contribution is 0.0283. The van der Waals surface area contributed by atoms with Gasteiger partial charge in [-0.25, -0.2) is 4.39 Å². The van der Waals surface area contributed by atoms with Gasteiger partial charge in [0, 0.05) is 11.6 Å². The van der Waals surface area contributed by atoms with Gasteiger partial charge in [0.05, 0.1) is 13.2 Å². The van der Waals surface area contributed by atoms with E-state index in [1.807, 2.05) is 6.92 Å². The Bertz CT molecular complexity index is 356. The molecule has 0 saturated heterocycles. The van der Waals surface area contributed by atoms with Gasteiger partial charge < -0.3 is 9.57 Å². The third-order valence-corrected chi connectivity index (χ3v) is 2.61. The van der Waals surface area contributed by atoms with Gasteiger partial charge in [-0.3, -0.25) is 0 Å². The van der Waals surface area contributed by atoms with Gasteiger partial charge in [0.25, 0.3) is 0 Å². The van der Waals surface area contributed by atoms with Crippen LogP contribution in [0.4, 0.5) is 4.39 Å². The van der Waals surface area contributed by atoms with Gasteiger partial charge in [-0.1, -0.05) is 13.0 Å². The largest absolute Gasteiger partial charge is 0.488 e. The van der Waals surface area contributed by atoms with Crippen LogP contribution in [0, 0.1) is 5.82 Å². The van der Waals surface area contributed by atoms with Crippen LogP contribution in [0.5, 0.6) is 5.75 Å². The molecule has 1 N–H and O–H groups in total.